The van der Waals surface area contributed by atoms with Crippen molar-refractivity contribution in [1.82, 2.24) is 9.80 Å². The van der Waals surface area contributed by atoms with Crippen LogP contribution in [0.3, 0.4) is 0 Å². The Hall–Kier alpha value is -2.52. The third kappa shape index (κ3) is 4.17. The van der Waals surface area contributed by atoms with Crippen LogP contribution in [-0.2, 0) is 17.9 Å². The van der Waals surface area contributed by atoms with Crippen molar-refractivity contribution >= 4 is 5.91 Å². The normalized spacial score (nSPS) is 16.3. The Morgan fingerprint density at radius 1 is 1.12 bits per heavy atom. The molecule has 1 aliphatic rings. The van der Waals surface area contributed by atoms with Gasteiger partial charge in [-0.3, -0.25) is 9.69 Å². The van der Waals surface area contributed by atoms with E-state index in [2.05, 4.69) is 6.07 Å². The number of nitrogens with zero attached hydrogens (tertiary/aromatic N) is 3. The van der Waals surface area contributed by atoms with Gasteiger partial charge in [0.25, 0.3) is 0 Å². The Kier molecular flexibility index (Phi) is 5.79. The summed E-state index contributed by atoms with van der Waals surface area (Å²) < 4.78 is 10.9. The molecule has 138 valence electrons. The van der Waals surface area contributed by atoms with Crippen molar-refractivity contribution in [2.75, 3.05) is 13.6 Å². The van der Waals surface area contributed by atoms with E-state index in [1.165, 1.54) is 0 Å². The van der Waals surface area contributed by atoms with Crippen LogP contribution < -0.4 is 0 Å². The number of hydrogen-bond donors (Lipinski definition) is 0. The first-order valence-electron chi connectivity index (χ1n) is 9.08. The number of rotatable bonds is 7. The summed E-state index contributed by atoms with van der Waals surface area (Å²) >= 11 is 0. The zero-order valence-electron chi connectivity index (χ0n) is 15.2. The van der Waals surface area contributed by atoms with Gasteiger partial charge in [-0.15, -0.1) is 0 Å². The molecule has 0 aromatic carbocycles. The maximum absolute atomic E-state index is 12.9. The summed E-state index contributed by atoms with van der Waals surface area (Å²) in [5, 5.41) is 9.72. The zero-order chi connectivity index (χ0) is 18.4. The number of furan rings is 2. The minimum atomic E-state index is -0.670. The van der Waals surface area contributed by atoms with Gasteiger partial charge in [0.2, 0.25) is 5.91 Å². The molecule has 0 atom stereocenters. The molecule has 0 N–H and O–H groups in total. The van der Waals surface area contributed by atoms with Gasteiger partial charge in [0.15, 0.2) is 0 Å². The molecule has 1 fully saturated rings. The number of amides is 1. The van der Waals surface area contributed by atoms with Crippen LogP contribution >= 0.6 is 0 Å². The molecule has 1 saturated carbocycles. The molecule has 6 heteroatoms. The highest BCUT2D eigenvalue weighted by atomic mass is 16.3. The third-order valence-electron chi connectivity index (χ3n) is 5.18. The van der Waals surface area contributed by atoms with E-state index in [4.69, 9.17) is 8.83 Å². The molecule has 1 aliphatic carbocycles. The van der Waals surface area contributed by atoms with Crippen molar-refractivity contribution in [3.63, 3.8) is 0 Å². The molecule has 0 unspecified atom stereocenters. The van der Waals surface area contributed by atoms with Crippen LogP contribution in [0.25, 0.3) is 0 Å². The molecule has 6 nitrogen and oxygen atoms in total. The molecule has 2 aromatic heterocycles. The third-order valence-corrected chi connectivity index (χ3v) is 5.18. The Labute approximate surface area is 154 Å². The molecule has 0 bridgehead atoms. The average Bonchev–Trinajstić information content (AvgIpc) is 3.35. The Balaban J connectivity index is 1.70. The molecular weight excluding hydrogens is 330 g/mol. The quantitative estimate of drug-likeness (QED) is 0.759. The summed E-state index contributed by atoms with van der Waals surface area (Å²) in [7, 11) is 1.76. The van der Waals surface area contributed by atoms with Gasteiger partial charge >= 0.3 is 0 Å². The summed E-state index contributed by atoms with van der Waals surface area (Å²) in [6, 6.07) is 9.86. The molecule has 3 rings (SSSR count). The second-order valence-corrected chi connectivity index (χ2v) is 6.96. The highest BCUT2D eigenvalue weighted by Gasteiger charge is 2.39. The SMILES string of the molecule is CN(C(=O)CN(Cc1ccco1)Cc1ccco1)C1(C#N)CCCCC1. The van der Waals surface area contributed by atoms with Crippen LogP contribution in [0.1, 0.15) is 43.6 Å². The van der Waals surface area contributed by atoms with Crippen LogP contribution in [0.2, 0.25) is 0 Å². The summed E-state index contributed by atoms with van der Waals surface area (Å²) in [4.78, 5) is 16.6. The fourth-order valence-electron chi connectivity index (χ4n) is 3.61. The highest BCUT2D eigenvalue weighted by Crippen LogP contribution is 2.32. The van der Waals surface area contributed by atoms with Crippen molar-refractivity contribution in [1.29, 1.82) is 5.26 Å². The van der Waals surface area contributed by atoms with Gasteiger partial charge in [-0.25, -0.2) is 0 Å². The molecule has 0 spiro atoms. The standard InChI is InChI=1S/C20H25N3O3/c1-22(20(16-21)9-3-2-4-10-20)19(24)15-23(13-17-7-5-11-25-17)14-18-8-6-12-26-18/h5-8,11-12H,2-4,9-10,13-15H2,1H3. The van der Waals surface area contributed by atoms with Crippen LogP contribution in [0, 0.1) is 11.3 Å². The van der Waals surface area contributed by atoms with E-state index < -0.39 is 5.54 Å². The van der Waals surface area contributed by atoms with Crippen LogP contribution in [0.15, 0.2) is 45.6 Å². The molecule has 26 heavy (non-hydrogen) atoms. The molecule has 0 aliphatic heterocycles. The van der Waals surface area contributed by atoms with Gasteiger partial charge < -0.3 is 13.7 Å². The maximum atomic E-state index is 12.9. The van der Waals surface area contributed by atoms with Crippen LogP contribution in [0.4, 0.5) is 0 Å². The topological polar surface area (TPSA) is 73.6 Å². The molecular formula is C20H25N3O3. The van der Waals surface area contributed by atoms with Crippen molar-refractivity contribution in [2.45, 2.75) is 50.7 Å². The molecule has 0 saturated heterocycles. The van der Waals surface area contributed by atoms with Crippen molar-refractivity contribution in [3.8, 4) is 6.07 Å². The fraction of sp³-hybridized carbons (Fsp3) is 0.500. The summed E-state index contributed by atoms with van der Waals surface area (Å²) in [6.07, 6.45) is 7.88. The van der Waals surface area contributed by atoms with E-state index >= 15 is 0 Å². The lowest BCUT2D eigenvalue weighted by atomic mass is 9.81. The number of carbonyl (C=O) groups is 1. The monoisotopic (exact) mass is 355 g/mol. The number of carbonyl (C=O) groups excluding carboxylic acids is 1. The van der Waals surface area contributed by atoms with Crippen LogP contribution in [-0.4, -0.2) is 34.8 Å². The van der Waals surface area contributed by atoms with E-state index in [-0.39, 0.29) is 12.5 Å². The number of hydrogen-bond acceptors (Lipinski definition) is 5. The molecule has 2 heterocycles. The fourth-order valence-corrected chi connectivity index (χ4v) is 3.61. The van der Waals surface area contributed by atoms with E-state index in [1.807, 2.05) is 29.2 Å². The maximum Gasteiger partial charge on any atom is 0.237 e. The Bertz CT molecular complexity index is 689. The lowest BCUT2D eigenvalue weighted by molar-refractivity contribution is -0.136. The highest BCUT2D eigenvalue weighted by molar-refractivity contribution is 5.79. The van der Waals surface area contributed by atoms with Gasteiger partial charge in [-0.1, -0.05) is 19.3 Å². The van der Waals surface area contributed by atoms with Gasteiger partial charge in [-0.05, 0) is 37.1 Å². The van der Waals surface area contributed by atoms with Crippen molar-refractivity contribution in [2.24, 2.45) is 0 Å². The molecule has 0 radical (unpaired) electrons. The smallest absolute Gasteiger partial charge is 0.237 e. The predicted molar refractivity (Wildman–Crippen MR) is 95.7 cm³/mol. The minimum absolute atomic E-state index is 0.0495. The first kappa shape index (κ1) is 18.3. The zero-order valence-corrected chi connectivity index (χ0v) is 15.2. The second kappa shape index (κ2) is 8.24. The number of nitriles is 1. The summed E-state index contributed by atoms with van der Waals surface area (Å²) in [6.45, 7) is 1.22. The summed E-state index contributed by atoms with van der Waals surface area (Å²) in [5.74, 6) is 1.53. The largest absolute Gasteiger partial charge is 0.468 e. The Morgan fingerprint density at radius 3 is 2.15 bits per heavy atom. The van der Waals surface area contributed by atoms with Gasteiger partial charge in [-0.2, -0.15) is 5.26 Å². The van der Waals surface area contributed by atoms with Gasteiger partial charge in [0.1, 0.15) is 17.1 Å². The average molecular weight is 355 g/mol. The molecule has 2 aromatic rings. The minimum Gasteiger partial charge on any atom is -0.468 e. The predicted octanol–water partition coefficient (Wildman–Crippen LogP) is 3.56. The number of likely N-dealkylation sites (N-methyl/N-ethyl adjacent to an activating group) is 1. The second-order valence-electron chi connectivity index (χ2n) is 6.96. The summed E-state index contributed by atoms with van der Waals surface area (Å²) in [5.41, 5.74) is -0.670. The first-order valence-corrected chi connectivity index (χ1v) is 9.08. The van der Waals surface area contributed by atoms with Crippen molar-refractivity contribution < 1.29 is 13.6 Å². The van der Waals surface area contributed by atoms with E-state index in [9.17, 15) is 10.1 Å². The molecule has 1 amide bonds. The van der Waals surface area contributed by atoms with Gasteiger partial charge in [0.05, 0.1) is 38.2 Å². The van der Waals surface area contributed by atoms with E-state index in [0.717, 1.165) is 43.6 Å². The van der Waals surface area contributed by atoms with Crippen LogP contribution in [0.5, 0.6) is 0 Å². The van der Waals surface area contributed by atoms with E-state index in [0.29, 0.717) is 13.1 Å². The lowest BCUT2D eigenvalue weighted by Gasteiger charge is -2.39. The first-order chi connectivity index (χ1) is 12.6. The van der Waals surface area contributed by atoms with Crippen molar-refractivity contribution in [3.05, 3.63) is 48.3 Å². The Morgan fingerprint density at radius 2 is 1.69 bits per heavy atom. The van der Waals surface area contributed by atoms with Gasteiger partial charge in [0, 0.05) is 7.05 Å². The lowest BCUT2D eigenvalue weighted by Crippen LogP contribution is -2.52. The van der Waals surface area contributed by atoms with E-state index in [1.54, 1.807) is 24.5 Å².